The van der Waals surface area contributed by atoms with E-state index >= 15 is 0 Å². The summed E-state index contributed by atoms with van der Waals surface area (Å²) in [4.78, 5) is 27.9. The number of non-ortho nitro benzene ring substituents is 1. The van der Waals surface area contributed by atoms with Gasteiger partial charge in [0.05, 0.1) is 22.0 Å². The van der Waals surface area contributed by atoms with Gasteiger partial charge >= 0.3 is 5.56 Å². The van der Waals surface area contributed by atoms with E-state index in [-0.39, 0.29) is 11.4 Å². The summed E-state index contributed by atoms with van der Waals surface area (Å²) in [5.74, 6) is 0. The number of rotatable bonds is 5. The van der Waals surface area contributed by atoms with Crippen molar-refractivity contribution in [2.24, 2.45) is 10.2 Å². The quantitative estimate of drug-likeness (QED) is 0.270. The highest BCUT2D eigenvalue weighted by atomic mass is 32.1. The van der Waals surface area contributed by atoms with Crippen LogP contribution in [0.2, 0.25) is 0 Å². The van der Waals surface area contributed by atoms with E-state index in [0.717, 1.165) is 11.3 Å². The van der Waals surface area contributed by atoms with Crippen molar-refractivity contribution in [1.82, 2.24) is 14.8 Å². The summed E-state index contributed by atoms with van der Waals surface area (Å²) >= 11 is 1.33. The van der Waals surface area contributed by atoms with Crippen molar-refractivity contribution in [2.45, 2.75) is 13.8 Å². The van der Waals surface area contributed by atoms with Crippen LogP contribution < -0.4 is 5.56 Å². The molecule has 9 nitrogen and oxygen atoms in total. The molecule has 150 valence electrons. The summed E-state index contributed by atoms with van der Waals surface area (Å²) < 4.78 is 1.32. The molecular weight excluding hydrogens is 404 g/mol. The molecule has 0 radical (unpaired) electrons. The number of nitrogens with one attached hydrogen (secondary N) is 1. The van der Waals surface area contributed by atoms with Crippen molar-refractivity contribution in [2.75, 3.05) is 0 Å². The molecule has 0 aliphatic rings. The summed E-state index contributed by atoms with van der Waals surface area (Å²) in [6.07, 6.45) is 0. The highest BCUT2D eigenvalue weighted by Crippen LogP contribution is 2.27. The van der Waals surface area contributed by atoms with Crippen LogP contribution in [-0.4, -0.2) is 19.7 Å². The fraction of sp³-hybridized carbons (Fsp3) is 0.100. The molecule has 0 bridgehead atoms. The predicted molar refractivity (Wildman–Crippen MR) is 114 cm³/mol. The van der Waals surface area contributed by atoms with Gasteiger partial charge in [-0.2, -0.15) is 4.68 Å². The number of nitrogens with zero attached hydrogens (tertiary/aromatic N) is 5. The van der Waals surface area contributed by atoms with Crippen molar-refractivity contribution in [3.05, 3.63) is 85.6 Å². The first-order valence-electron chi connectivity index (χ1n) is 8.94. The van der Waals surface area contributed by atoms with Gasteiger partial charge in [0.1, 0.15) is 0 Å². The number of hydrogen-bond acceptors (Lipinski definition) is 7. The maximum Gasteiger partial charge on any atom is 0.301 e. The van der Waals surface area contributed by atoms with Crippen molar-refractivity contribution in [3.8, 4) is 16.4 Å². The monoisotopic (exact) mass is 420 g/mol. The lowest BCUT2D eigenvalue weighted by Crippen LogP contribution is -2.13. The summed E-state index contributed by atoms with van der Waals surface area (Å²) in [5.41, 5.74) is 2.92. The van der Waals surface area contributed by atoms with E-state index in [1.54, 1.807) is 19.9 Å². The van der Waals surface area contributed by atoms with Crippen molar-refractivity contribution >= 4 is 28.4 Å². The van der Waals surface area contributed by atoms with E-state index in [1.165, 1.54) is 28.2 Å². The minimum atomic E-state index is -0.500. The Bertz CT molecular complexity index is 1320. The van der Waals surface area contributed by atoms with E-state index < -0.39 is 10.5 Å². The van der Waals surface area contributed by atoms with E-state index in [0.29, 0.717) is 22.1 Å². The number of aryl methyl sites for hydroxylation is 2. The zero-order valence-electron chi connectivity index (χ0n) is 16.1. The average Bonchev–Trinajstić information content (AvgIpc) is 3.33. The van der Waals surface area contributed by atoms with Gasteiger partial charge in [-0.05, 0) is 19.4 Å². The molecule has 0 saturated heterocycles. The summed E-state index contributed by atoms with van der Waals surface area (Å²) in [7, 11) is 0. The first-order valence-corrected chi connectivity index (χ1v) is 9.81. The SMILES string of the molecule is Cc1ccc([N+](=O)[O-])cc1N=Nc1c(C)[nH]n(-c2nc(-c3ccccc3)cs2)c1=O. The van der Waals surface area contributed by atoms with Crippen LogP contribution in [0.1, 0.15) is 11.3 Å². The van der Waals surface area contributed by atoms with Gasteiger partial charge in [0.25, 0.3) is 5.69 Å². The first kappa shape index (κ1) is 19.4. The molecule has 0 spiro atoms. The molecule has 0 unspecified atom stereocenters. The van der Waals surface area contributed by atoms with E-state index in [4.69, 9.17) is 0 Å². The normalized spacial score (nSPS) is 11.3. The second-order valence-electron chi connectivity index (χ2n) is 6.54. The molecular formula is C20H16N6O3S. The molecule has 0 aliphatic carbocycles. The fourth-order valence-corrected chi connectivity index (χ4v) is 3.61. The average molecular weight is 420 g/mol. The Morgan fingerprint density at radius 3 is 2.63 bits per heavy atom. The maximum absolute atomic E-state index is 12.9. The van der Waals surface area contributed by atoms with Crippen LogP contribution in [0, 0.1) is 24.0 Å². The number of benzene rings is 2. The van der Waals surface area contributed by atoms with Crippen LogP contribution in [0.5, 0.6) is 0 Å². The van der Waals surface area contributed by atoms with Crippen molar-refractivity contribution in [1.29, 1.82) is 0 Å². The smallest absolute Gasteiger partial charge is 0.291 e. The number of nitro benzene ring substituents is 1. The maximum atomic E-state index is 12.9. The molecule has 4 aromatic rings. The van der Waals surface area contributed by atoms with Crippen molar-refractivity contribution in [3.63, 3.8) is 0 Å². The topological polar surface area (TPSA) is 119 Å². The summed E-state index contributed by atoms with van der Waals surface area (Å²) in [6, 6.07) is 14.0. The fourth-order valence-electron chi connectivity index (χ4n) is 2.82. The summed E-state index contributed by atoms with van der Waals surface area (Å²) in [6.45, 7) is 3.47. The number of azo groups is 1. The van der Waals surface area contributed by atoms with Gasteiger partial charge in [-0.3, -0.25) is 20.0 Å². The van der Waals surface area contributed by atoms with Gasteiger partial charge in [0.2, 0.25) is 5.13 Å². The third-order valence-corrected chi connectivity index (χ3v) is 5.28. The van der Waals surface area contributed by atoms with Gasteiger partial charge in [0, 0.05) is 23.1 Å². The molecule has 2 aromatic heterocycles. The second kappa shape index (κ2) is 7.84. The number of H-pyrrole nitrogens is 1. The van der Waals surface area contributed by atoms with Gasteiger partial charge in [-0.25, -0.2) is 4.98 Å². The molecule has 30 heavy (non-hydrogen) atoms. The van der Waals surface area contributed by atoms with Crippen LogP contribution in [0.4, 0.5) is 17.1 Å². The Morgan fingerprint density at radius 2 is 1.90 bits per heavy atom. The Labute approximate surface area is 174 Å². The molecule has 4 rings (SSSR count). The number of hydrogen-bond donors (Lipinski definition) is 1. The van der Waals surface area contributed by atoms with Crippen LogP contribution in [-0.2, 0) is 0 Å². The molecule has 2 heterocycles. The Hall–Kier alpha value is -3.92. The van der Waals surface area contributed by atoms with Crippen LogP contribution in [0.3, 0.4) is 0 Å². The Morgan fingerprint density at radius 1 is 1.13 bits per heavy atom. The first-order chi connectivity index (χ1) is 14.4. The zero-order chi connectivity index (χ0) is 21.3. The second-order valence-corrected chi connectivity index (χ2v) is 7.37. The molecule has 1 N–H and O–H groups in total. The highest BCUT2D eigenvalue weighted by molar-refractivity contribution is 7.12. The van der Waals surface area contributed by atoms with Crippen LogP contribution >= 0.6 is 11.3 Å². The standard InChI is InChI=1S/C20H16N6O3S/c1-12-8-9-15(26(28)29)10-16(12)22-23-18-13(2)24-25(19(18)27)20-21-17(11-30-20)14-6-4-3-5-7-14/h3-11,24H,1-2H3. The van der Waals surface area contributed by atoms with E-state index in [1.807, 2.05) is 35.7 Å². The summed E-state index contributed by atoms with van der Waals surface area (Å²) in [5, 5.41) is 24.4. The molecule has 0 aliphatic heterocycles. The molecule has 0 atom stereocenters. The van der Waals surface area contributed by atoms with Gasteiger partial charge in [-0.1, -0.05) is 36.4 Å². The third kappa shape index (κ3) is 3.67. The predicted octanol–water partition coefficient (Wildman–Crippen LogP) is 5.23. The largest absolute Gasteiger partial charge is 0.301 e. The lowest BCUT2D eigenvalue weighted by molar-refractivity contribution is -0.384. The molecule has 0 saturated carbocycles. The molecule has 0 fully saturated rings. The van der Waals surface area contributed by atoms with E-state index in [2.05, 4.69) is 20.3 Å². The molecule has 0 amide bonds. The van der Waals surface area contributed by atoms with Gasteiger partial charge < -0.3 is 0 Å². The Balaban J connectivity index is 1.68. The lowest BCUT2D eigenvalue weighted by atomic mass is 10.2. The van der Waals surface area contributed by atoms with E-state index in [9.17, 15) is 14.9 Å². The van der Waals surface area contributed by atoms with Crippen LogP contribution in [0.15, 0.2) is 68.9 Å². The molecule has 2 aromatic carbocycles. The highest BCUT2D eigenvalue weighted by Gasteiger charge is 2.16. The number of nitro groups is 1. The van der Waals surface area contributed by atoms with Gasteiger partial charge in [0.15, 0.2) is 5.69 Å². The van der Waals surface area contributed by atoms with Crippen LogP contribution in [0.25, 0.3) is 16.4 Å². The van der Waals surface area contributed by atoms with Gasteiger partial charge in [-0.15, -0.1) is 21.6 Å². The molecule has 10 heteroatoms. The zero-order valence-corrected chi connectivity index (χ0v) is 16.9. The number of aromatic amines is 1. The Kier molecular flexibility index (Phi) is 5.07. The third-order valence-electron chi connectivity index (χ3n) is 4.45. The number of aromatic nitrogens is 3. The minimum Gasteiger partial charge on any atom is -0.291 e. The minimum absolute atomic E-state index is 0.0889. The number of thiazole rings is 1. The lowest BCUT2D eigenvalue weighted by Gasteiger charge is -1.98. The van der Waals surface area contributed by atoms with Crippen molar-refractivity contribution < 1.29 is 4.92 Å².